The summed E-state index contributed by atoms with van der Waals surface area (Å²) in [5.41, 5.74) is 2.31. The first-order chi connectivity index (χ1) is 16.5. The van der Waals surface area contributed by atoms with E-state index in [4.69, 9.17) is 9.47 Å². The van der Waals surface area contributed by atoms with Gasteiger partial charge >= 0.3 is 0 Å². The average Bonchev–Trinajstić information content (AvgIpc) is 3.32. The van der Waals surface area contributed by atoms with Crippen molar-refractivity contribution in [1.82, 2.24) is 10.2 Å². The summed E-state index contributed by atoms with van der Waals surface area (Å²) in [6.45, 7) is 2.56. The van der Waals surface area contributed by atoms with E-state index in [-0.39, 0.29) is 37.5 Å². The van der Waals surface area contributed by atoms with Gasteiger partial charge in [0.1, 0.15) is 11.9 Å². The summed E-state index contributed by atoms with van der Waals surface area (Å²) in [7, 11) is 0. The predicted octanol–water partition coefficient (Wildman–Crippen LogP) is 4.74. The molecule has 0 fully saturated rings. The van der Waals surface area contributed by atoms with Crippen LogP contribution in [0, 0.1) is 5.82 Å². The quantitative estimate of drug-likeness (QED) is 0.499. The number of ether oxygens (including phenoxy) is 2. The van der Waals surface area contributed by atoms with Crippen molar-refractivity contribution in [3.05, 3.63) is 95.3 Å². The summed E-state index contributed by atoms with van der Waals surface area (Å²) in [5.74, 6) is 0.529. The third-order valence-electron chi connectivity index (χ3n) is 5.63. The zero-order valence-electron chi connectivity index (χ0n) is 19.0. The van der Waals surface area contributed by atoms with E-state index >= 15 is 0 Å². The first-order valence-corrected chi connectivity index (χ1v) is 11.3. The molecule has 1 N–H and O–H groups in total. The Morgan fingerprint density at radius 3 is 2.41 bits per heavy atom. The van der Waals surface area contributed by atoms with Crippen LogP contribution in [0.5, 0.6) is 11.5 Å². The maximum atomic E-state index is 13.5. The average molecular weight is 463 g/mol. The SMILES string of the molecule is CCCC(=O)N(Cc1ccc(F)cc1)C(C(=O)NCc1ccc2c(c1)OCO2)c1ccccc1. The summed E-state index contributed by atoms with van der Waals surface area (Å²) in [6.07, 6.45) is 0.957. The van der Waals surface area contributed by atoms with Crippen LogP contribution in [0.2, 0.25) is 0 Å². The van der Waals surface area contributed by atoms with E-state index in [9.17, 15) is 14.0 Å². The Morgan fingerprint density at radius 1 is 0.971 bits per heavy atom. The summed E-state index contributed by atoms with van der Waals surface area (Å²) in [4.78, 5) is 28.3. The molecule has 0 saturated carbocycles. The van der Waals surface area contributed by atoms with Gasteiger partial charge in [0.15, 0.2) is 11.5 Å². The Labute approximate surface area is 198 Å². The molecule has 0 aliphatic carbocycles. The van der Waals surface area contributed by atoms with Crippen LogP contribution < -0.4 is 14.8 Å². The van der Waals surface area contributed by atoms with E-state index in [0.717, 1.165) is 11.1 Å². The lowest BCUT2D eigenvalue weighted by atomic mass is 10.0. The van der Waals surface area contributed by atoms with Crippen LogP contribution >= 0.6 is 0 Å². The minimum Gasteiger partial charge on any atom is -0.454 e. The zero-order chi connectivity index (χ0) is 23.9. The van der Waals surface area contributed by atoms with Crippen LogP contribution in [0.25, 0.3) is 0 Å². The molecule has 0 saturated heterocycles. The van der Waals surface area contributed by atoms with Gasteiger partial charge < -0.3 is 19.7 Å². The molecule has 0 radical (unpaired) electrons. The number of nitrogens with one attached hydrogen (secondary N) is 1. The van der Waals surface area contributed by atoms with Crippen LogP contribution in [0.4, 0.5) is 4.39 Å². The Balaban J connectivity index is 1.60. The number of carbonyl (C=O) groups excluding carboxylic acids is 2. The van der Waals surface area contributed by atoms with Gasteiger partial charge in [0.2, 0.25) is 18.6 Å². The van der Waals surface area contributed by atoms with Crippen molar-refractivity contribution in [3.8, 4) is 11.5 Å². The predicted molar refractivity (Wildman–Crippen MR) is 125 cm³/mol. The summed E-state index contributed by atoms with van der Waals surface area (Å²) in [6, 6.07) is 19.9. The highest BCUT2D eigenvalue weighted by Crippen LogP contribution is 2.32. The molecule has 6 nitrogen and oxygen atoms in total. The molecule has 0 bridgehead atoms. The molecule has 4 rings (SSSR count). The lowest BCUT2D eigenvalue weighted by molar-refractivity contribution is -0.141. The van der Waals surface area contributed by atoms with Crippen molar-refractivity contribution in [1.29, 1.82) is 0 Å². The summed E-state index contributed by atoms with van der Waals surface area (Å²) in [5, 5.41) is 2.97. The van der Waals surface area contributed by atoms with Crippen molar-refractivity contribution in [2.75, 3.05) is 6.79 Å². The molecule has 176 valence electrons. The van der Waals surface area contributed by atoms with E-state index in [1.807, 2.05) is 55.5 Å². The van der Waals surface area contributed by atoms with E-state index in [2.05, 4.69) is 5.32 Å². The molecule has 1 aliphatic rings. The van der Waals surface area contributed by atoms with Crippen LogP contribution in [0.1, 0.15) is 42.5 Å². The molecule has 0 spiro atoms. The first-order valence-electron chi connectivity index (χ1n) is 11.3. The molecule has 1 aliphatic heterocycles. The minimum atomic E-state index is -0.834. The third-order valence-corrected chi connectivity index (χ3v) is 5.63. The molecule has 34 heavy (non-hydrogen) atoms. The van der Waals surface area contributed by atoms with Crippen molar-refractivity contribution in [2.45, 2.75) is 38.9 Å². The number of rotatable bonds is 9. The number of benzene rings is 3. The monoisotopic (exact) mass is 462 g/mol. The third kappa shape index (κ3) is 5.54. The van der Waals surface area contributed by atoms with E-state index in [1.54, 1.807) is 17.0 Å². The van der Waals surface area contributed by atoms with Crippen molar-refractivity contribution >= 4 is 11.8 Å². The molecule has 1 heterocycles. The Hall–Kier alpha value is -3.87. The summed E-state index contributed by atoms with van der Waals surface area (Å²) >= 11 is 0. The van der Waals surface area contributed by atoms with Gasteiger partial charge in [-0.25, -0.2) is 4.39 Å². The van der Waals surface area contributed by atoms with Gasteiger partial charge in [-0.15, -0.1) is 0 Å². The molecule has 2 amide bonds. The molecule has 7 heteroatoms. The van der Waals surface area contributed by atoms with E-state index in [0.29, 0.717) is 29.9 Å². The lowest BCUT2D eigenvalue weighted by Crippen LogP contribution is -2.43. The van der Waals surface area contributed by atoms with Crippen LogP contribution in [-0.4, -0.2) is 23.5 Å². The molecular weight excluding hydrogens is 435 g/mol. The van der Waals surface area contributed by atoms with Crippen molar-refractivity contribution < 1.29 is 23.5 Å². The summed E-state index contributed by atoms with van der Waals surface area (Å²) < 4.78 is 24.2. The second-order valence-corrected chi connectivity index (χ2v) is 8.12. The number of carbonyl (C=O) groups is 2. The zero-order valence-corrected chi connectivity index (χ0v) is 19.0. The second-order valence-electron chi connectivity index (χ2n) is 8.12. The Kier molecular flexibility index (Phi) is 7.42. The van der Waals surface area contributed by atoms with Gasteiger partial charge in [-0.1, -0.05) is 55.5 Å². The van der Waals surface area contributed by atoms with Crippen LogP contribution in [0.3, 0.4) is 0 Å². The lowest BCUT2D eigenvalue weighted by Gasteiger charge is -2.31. The number of fused-ring (bicyclic) bond motifs is 1. The highest BCUT2D eigenvalue weighted by molar-refractivity contribution is 5.88. The highest BCUT2D eigenvalue weighted by atomic mass is 19.1. The van der Waals surface area contributed by atoms with Gasteiger partial charge in [-0.2, -0.15) is 0 Å². The smallest absolute Gasteiger partial charge is 0.247 e. The maximum absolute atomic E-state index is 13.5. The van der Waals surface area contributed by atoms with E-state index < -0.39 is 6.04 Å². The van der Waals surface area contributed by atoms with Crippen molar-refractivity contribution in [2.24, 2.45) is 0 Å². The van der Waals surface area contributed by atoms with Gasteiger partial charge in [-0.3, -0.25) is 9.59 Å². The normalized spacial score (nSPS) is 12.8. The largest absolute Gasteiger partial charge is 0.454 e. The minimum absolute atomic E-state index is 0.140. The van der Waals surface area contributed by atoms with Crippen molar-refractivity contribution in [3.63, 3.8) is 0 Å². The number of hydrogen-bond acceptors (Lipinski definition) is 4. The standard InChI is InChI=1S/C27H27FN2O4/c1-2-6-25(31)30(17-19-9-12-22(28)13-10-19)26(21-7-4-3-5-8-21)27(32)29-16-20-11-14-23-24(15-20)34-18-33-23/h3-5,7-15,26H,2,6,16-18H2,1H3,(H,29,32). The Morgan fingerprint density at radius 2 is 1.68 bits per heavy atom. The Bertz CT molecular complexity index is 1140. The number of halogens is 1. The van der Waals surface area contributed by atoms with Gasteiger partial charge in [0.25, 0.3) is 0 Å². The van der Waals surface area contributed by atoms with Gasteiger partial charge in [-0.05, 0) is 47.4 Å². The number of amides is 2. The second kappa shape index (κ2) is 10.8. The fourth-order valence-electron chi connectivity index (χ4n) is 3.91. The molecule has 1 atom stereocenters. The van der Waals surface area contributed by atoms with Crippen LogP contribution in [-0.2, 0) is 22.7 Å². The molecular formula is C27H27FN2O4. The molecule has 3 aromatic rings. The molecule has 0 aromatic heterocycles. The first kappa shape index (κ1) is 23.3. The maximum Gasteiger partial charge on any atom is 0.247 e. The molecule has 1 unspecified atom stereocenters. The molecule has 3 aromatic carbocycles. The highest BCUT2D eigenvalue weighted by Gasteiger charge is 2.31. The topological polar surface area (TPSA) is 67.9 Å². The van der Waals surface area contributed by atoms with Gasteiger partial charge in [0, 0.05) is 19.5 Å². The fourth-order valence-corrected chi connectivity index (χ4v) is 3.91. The van der Waals surface area contributed by atoms with Gasteiger partial charge in [0.05, 0.1) is 0 Å². The number of nitrogens with zero attached hydrogens (tertiary/aromatic N) is 1. The number of hydrogen-bond donors (Lipinski definition) is 1. The van der Waals surface area contributed by atoms with Crippen LogP contribution in [0.15, 0.2) is 72.8 Å². The van der Waals surface area contributed by atoms with E-state index in [1.165, 1.54) is 12.1 Å². The fraction of sp³-hybridized carbons (Fsp3) is 0.259.